The standard InChI is InChI=1S/C39H27N3/c1-3-10-28(11-4-1)29-20-22-30(23-21-29)32-14-7-15-33(24-32)34-16-8-17-35(25-34)36-18-9-19-37(26-36)39-41-27-40-38(42-39)31-12-5-2-6-13-31/h1-27H. The van der Waals surface area contributed by atoms with Crippen LogP contribution in [0.15, 0.2) is 164 Å². The van der Waals surface area contributed by atoms with Gasteiger partial charge >= 0.3 is 0 Å². The zero-order valence-corrected chi connectivity index (χ0v) is 22.9. The molecule has 0 unspecified atom stereocenters. The lowest BCUT2D eigenvalue weighted by molar-refractivity contribution is 1.07. The Hall–Kier alpha value is -5.67. The Morgan fingerprint density at radius 2 is 0.595 bits per heavy atom. The molecular weight excluding hydrogens is 510 g/mol. The van der Waals surface area contributed by atoms with Crippen molar-refractivity contribution < 1.29 is 0 Å². The van der Waals surface area contributed by atoms with E-state index in [-0.39, 0.29) is 0 Å². The fraction of sp³-hybridized carbons (Fsp3) is 0. The SMILES string of the molecule is c1ccc(-c2ccc(-c3cccc(-c4cccc(-c5cccc(-c6ncnc(-c7ccccc7)n6)c5)c4)c3)cc2)cc1. The molecule has 0 bridgehead atoms. The molecule has 7 rings (SSSR count). The maximum absolute atomic E-state index is 4.75. The van der Waals surface area contributed by atoms with Gasteiger partial charge in [-0.2, -0.15) is 0 Å². The first kappa shape index (κ1) is 25.3. The van der Waals surface area contributed by atoms with Crippen molar-refractivity contribution in [2.75, 3.05) is 0 Å². The summed E-state index contributed by atoms with van der Waals surface area (Å²) in [7, 11) is 0. The van der Waals surface area contributed by atoms with E-state index in [0.29, 0.717) is 11.6 Å². The van der Waals surface area contributed by atoms with Crippen molar-refractivity contribution in [2.45, 2.75) is 0 Å². The highest BCUT2D eigenvalue weighted by atomic mass is 15.0. The zero-order valence-electron chi connectivity index (χ0n) is 22.9. The summed E-state index contributed by atoms with van der Waals surface area (Å²) >= 11 is 0. The average molecular weight is 538 g/mol. The van der Waals surface area contributed by atoms with Crippen LogP contribution in [-0.2, 0) is 0 Å². The Bertz CT molecular complexity index is 1960. The number of rotatable bonds is 6. The lowest BCUT2D eigenvalue weighted by atomic mass is 9.95. The topological polar surface area (TPSA) is 38.7 Å². The lowest BCUT2D eigenvalue weighted by Gasteiger charge is -2.10. The van der Waals surface area contributed by atoms with Crippen molar-refractivity contribution in [2.24, 2.45) is 0 Å². The summed E-state index contributed by atoms with van der Waals surface area (Å²) < 4.78 is 0. The summed E-state index contributed by atoms with van der Waals surface area (Å²) in [6.45, 7) is 0. The fourth-order valence-electron chi connectivity index (χ4n) is 5.24. The Labute approximate surface area is 245 Å². The molecular formula is C39H27N3. The van der Waals surface area contributed by atoms with Crippen molar-refractivity contribution >= 4 is 0 Å². The van der Waals surface area contributed by atoms with Crippen LogP contribution in [0.5, 0.6) is 0 Å². The molecule has 0 spiro atoms. The second-order valence-corrected chi connectivity index (χ2v) is 10.2. The minimum Gasteiger partial charge on any atom is -0.217 e. The van der Waals surface area contributed by atoms with Crippen molar-refractivity contribution in [3.8, 4) is 67.3 Å². The largest absolute Gasteiger partial charge is 0.217 e. The normalized spacial score (nSPS) is 10.9. The van der Waals surface area contributed by atoms with Crippen LogP contribution >= 0.6 is 0 Å². The molecule has 7 aromatic rings. The van der Waals surface area contributed by atoms with Crippen LogP contribution < -0.4 is 0 Å². The third-order valence-electron chi connectivity index (χ3n) is 7.44. The molecule has 0 radical (unpaired) electrons. The van der Waals surface area contributed by atoms with Crippen molar-refractivity contribution in [3.63, 3.8) is 0 Å². The van der Waals surface area contributed by atoms with Crippen molar-refractivity contribution in [3.05, 3.63) is 164 Å². The highest BCUT2D eigenvalue weighted by Gasteiger charge is 2.09. The van der Waals surface area contributed by atoms with E-state index in [4.69, 9.17) is 4.98 Å². The highest BCUT2D eigenvalue weighted by Crippen LogP contribution is 2.32. The predicted molar refractivity (Wildman–Crippen MR) is 172 cm³/mol. The van der Waals surface area contributed by atoms with E-state index in [9.17, 15) is 0 Å². The Balaban J connectivity index is 1.17. The molecule has 1 aromatic heterocycles. The van der Waals surface area contributed by atoms with Crippen LogP contribution in [0.4, 0.5) is 0 Å². The molecule has 0 saturated heterocycles. The molecule has 0 aliphatic carbocycles. The summed E-state index contributed by atoms with van der Waals surface area (Å²) in [6, 6.07) is 55.1. The van der Waals surface area contributed by atoms with E-state index < -0.39 is 0 Å². The number of hydrogen-bond acceptors (Lipinski definition) is 3. The molecule has 3 heteroatoms. The van der Waals surface area contributed by atoms with Crippen molar-refractivity contribution in [1.29, 1.82) is 0 Å². The van der Waals surface area contributed by atoms with Crippen LogP contribution in [0, 0.1) is 0 Å². The van der Waals surface area contributed by atoms with E-state index in [1.807, 2.05) is 42.5 Å². The maximum Gasteiger partial charge on any atom is 0.163 e. The average Bonchev–Trinajstić information content (AvgIpc) is 3.09. The van der Waals surface area contributed by atoms with Gasteiger partial charge in [0, 0.05) is 11.1 Å². The fourth-order valence-corrected chi connectivity index (χ4v) is 5.24. The maximum atomic E-state index is 4.75. The van der Waals surface area contributed by atoms with Crippen LogP contribution in [0.1, 0.15) is 0 Å². The third-order valence-corrected chi connectivity index (χ3v) is 7.44. The summed E-state index contributed by atoms with van der Waals surface area (Å²) in [5.41, 5.74) is 11.4. The summed E-state index contributed by atoms with van der Waals surface area (Å²) in [6.07, 6.45) is 1.58. The molecule has 0 atom stereocenters. The predicted octanol–water partition coefficient (Wildman–Crippen LogP) is 9.87. The molecule has 198 valence electrons. The minimum atomic E-state index is 0.660. The second-order valence-electron chi connectivity index (χ2n) is 10.2. The number of aromatic nitrogens is 3. The minimum absolute atomic E-state index is 0.660. The number of nitrogens with zero attached hydrogens (tertiary/aromatic N) is 3. The number of hydrogen-bond donors (Lipinski definition) is 0. The van der Waals surface area contributed by atoms with Crippen LogP contribution in [0.2, 0.25) is 0 Å². The van der Waals surface area contributed by atoms with Gasteiger partial charge in [-0.25, -0.2) is 15.0 Å². The molecule has 0 amide bonds. The monoisotopic (exact) mass is 537 g/mol. The zero-order chi connectivity index (χ0) is 28.1. The Morgan fingerprint density at radius 1 is 0.262 bits per heavy atom. The molecule has 1 heterocycles. The highest BCUT2D eigenvalue weighted by molar-refractivity contribution is 5.79. The van der Waals surface area contributed by atoms with Gasteiger partial charge in [0.2, 0.25) is 0 Å². The second kappa shape index (κ2) is 11.4. The summed E-state index contributed by atoms with van der Waals surface area (Å²) in [5.74, 6) is 1.33. The van der Waals surface area contributed by atoms with Gasteiger partial charge in [0.1, 0.15) is 6.33 Å². The Morgan fingerprint density at radius 3 is 1.12 bits per heavy atom. The molecule has 0 N–H and O–H groups in total. The van der Waals surface area contributed by atoms with Crippen LogP contribution in [-0.4, -0.2) is 15.0 Å². The molecule has 0 aliphatic heterocycles. The third kappa shape index (κ3) is 5.36. The summed E-state index contributed by atoms with van der Waals surface area (Å²) in [5, 5.41) is 0. The van der Waals surface area contributed by atoms with Gasteiger partial charge in [-0.3, -0.25) is 0 Å². The van der Waals surface area contributed by atoms with Gasteiger partial charge in [0.25, 0.3) is 0 Å². The van der Waals surface area contributed by atoms with Crippen LogP contribution in [0.3, 0.4) is 0 Å². The van der Waals surface area contributed by atoms with Gasteiger partial charge in [-0.05, 0) is 62.7 Å². The van der Waals surface area contributed by atoms with Crippen molar-refractivity contribution in [1.82, 2.24) is 15.0 Å². The van der Waals surface area contributed by atoms with Gasteiger partial charge < -0.3 is 0 Å². The van der Waals surface area contributed by atoms with E-state index >= 15 is 0 Å². The van der Waals surface area contributed by atoms with Gasteiger partial charge in [0.15, 0.2) is 11.6 Å². The van der Waals surface area contributed by atoms with Gasteiger partial charge in [-0.15, -0.1) is 0 Å². The first-order valence-corrected chi connectivity index (χ1v) is 14.0. The van der Waals surface area contributed by atoms with E-state index in [1.54, 1.807) is 6.33 Å². The summed E-state index contributed by atoms with van der Waals surface area (Å²) in [4.78, 5) is 13.6. The molecule has 42 heavy (non-hydrogen) atoms. The molecule has 0 aliphatic rings. The van der Waals surface area contributed by atoms with Gasteiger partial charge in [-0.1, -0.05) is 140 Å². The molecule has 3 nitrogen and oxygen atoms in total. The molecule has 0 saturated carbocycles. The van der Waals surface area contributed by atoms with E-state index in [1.165, 1.54) is 33.4 Å². The lowest BCUT2D eigenvalue weighted by Crippen LogP contribution is -1.95. The van der Waals surface area contributed by atoms with Gasteiger partial charge in [0.05, 0.1) is 0 Å². The first-order valence-electron chi connectivity index (χ1n) is 14.0. The quantitative estimate of drug-likeness (QED) is 0.212. The molecule has 6 aromatic carbocycles. The Kier molecular flexibility index (Phi) is 6.89. The van der Waals surface area contributed by atoms with E-state index in [2.05, 4.69) is 125 Å². The van der Waals surface area contributed by atoms with E-state index in [0.717, 1.165) is 22.3 Å². The number of benzene rings is 6. The smallest absolute Gasteiger partial charge is 0.163 e. The first-order chi connectivity index (χ1) is 20.8. The van der Waals surface area contributed by atoms with Crippen LogP contribution in [0.25, 0.3) is 67.3 Å². The molecule has 0 fully saturated rings.